The molecule has 0 unspecified atom stereocenters. The zero-order valence-corrected chi connectivity index (χ0v) is 7.60. The van der Waals surface area contributed by atoms with Crippen molar-refractivity contribution in [3.05, 3.63) is 0 Å². The molecule has 0 aliphatic carbocycles. The van der Waals surface area contributed by atoms with Crippen LogP contribution in [0, 0.1) is 5.92 Å². The van der Waals surface area contributed by atoms with Crippen molar-refractivity contribution < 1.29 is 10.2 Å². The van der Waals surface area contributed by atoms with Gasteiger partial charge >= 0.3 is 0 Å². The molecular weight excluding hydrogens is 148 g/mol. The highest BCUT2D eigenvalue weighted by atomic mass is 32.1. The number of aliphatic hydroxyl groups excluding tert-OH is 2. The van der Waals surface area contributed by atoms with E-state index in [1.54, 1.807) is 6.92 Å². The molecule has 0 heterocycles. The second kappa shape index (κ2) is 3.60. The van der Waals surface area contributed by atoms with Crippen molar-refractivity contribution in [1.29, 1.82) is 0 Å². The highest BCUT2D eigenvalue weighted by Crippen LogP contribution is 2.22. The summed E-state index contributed by atoms with van der Waals surface area (Å²) in [5, 5.41) is 18.1. The van der Waals surface area contributed by atoms with Gasteiger partial charge in [0.05, 0.1) is 6.10 Å². The van der Waals surface area contributed by atoms with Crippen LogP contribution >= 0.6 is 12.6 Å². The van der Waals surface area contributed by atoms with Gasteiger partial charge in [-0.1, -0.05) is 6.92 Å². The standard InChI is InChI=1S/C7H16O2S/c1-5(4-8)6(9)7(2,3)10/h5-6,8-10H,4H2,1-3H3/t5-,6-/m1/s1. The van der Waals surface area contributed by atoms with E-state index in [0.717, 1.165) is 0 Å². The van der Waals surface area contributed by atoms with Crippen molar-refractivity contribution in [2.75, 3.05) is 6.61 Å². The van der Waals surface area contributed by atoms with E-state index in [0.29, 0.717) is 0 Å². The monoisotopic (exact) mass is 164 g/mol. The number of hydrogen-bond acceptors (Lipinski definition) is 3. The Morgan fingerprint density at radius 2 is 1.90 bits per heavy atom. The predicted molar refractivity (Wildman–Crippen MR) is 45.3 cm³/mol. The Kier molecular flexibility index (Phi) is 3.70. The summed E-state index contributed by atoms with van der Waals surface area (Å²) in [6, 6.07) is 0. The Morgan fingerprint density at radius 3 is 2.00 bits per heavy atom. The normalized spacial score (nSPS) is 18.6. The summed E-state index contributed by atoms with van der Waals surface area (Å²) in [5.74, 6) is -0.104. The number of thiol groups is 1. The molecule has 0 aromatic carbocycles. The maximum atomic E-state index is 9.42. The van der Waals surface area contributed by atoms with Crippen molar-refractivity contribution in [1.82, 2.24) is 0 Å². The van der Waals surface area contributed by atoms with Crippen molar-refractivity contribution >= 4 is 12.6 Å². The van der Waals surface area contributed by atoms with Gasteiger partial charge in [-0.25, -0.2) is 0 Å². The lowest BCUT2D eigenvalue weighted by molar-refractivity contribution is 0.0556. The van der Waals surface area contributed by atoms with E-state index in [4.69, 9.17) is 5.11 Å². The summed E-state index contributed by atoms with van der Waals surface area (Å²) in [4.78, 5) is 0. The predicted octanol–water partition coefficient (Wildman–Crippen LogP) is 0.684. The molecule has 0 radical (unpaired) electrons. The van der Waals surface area contributed by atoms with E-state index in [1.165, 1.54) is 0 Å². The lowest BCUT2D eigenvalue weighted by atomic mass is 9.95. The van der Waals surface area contributed by atoms with Crippen LogP contribution in [0.5, 0.6) is 0 Å². The lowest BCUT2D eigenvalue weighted by Gasteiger charge is -2.28. The minimum absolute atomic E-state index is 0.00512. The minimum atomic E-state index is -0.555. The van der Waals surface area contributed by atoms with Gasteiger partial charge in [0, 0.05) is 17.3 Å². The molecule has 0 fully saturated rings. The molecule has 2 N–H and O–H groups in total. The molecule has 0 amide bonds. The third kappa shape index (κ3) is 2.90. The summed E-state index contributed by atoms with van der Waals surface area (Å²) in [6.07, 6.45) is -0.555. The maximum Gasteiger partial charge on any atom is 0.0726 e. The third-order valence-corrected chi connectivity index (χ3v) is 1.82. The first-order valence-electron chi connectivity index (χ1n) is 3.41. The molecule has 0 saturated heterocycles. The SMILES string of the molecule is C[C@H](CO)[C@@H](O)C(C)(C)S. The van der Waals surface area contributed by atoms with Gasteiger partial charge in [0.2, 0.25) is 0 Å². The smallest absolute Gasteiger partial charge is 0.0726 e. The summed E-state index contributed by atoms with van der Waals surface area (Å²) >= 11 is 4.18. The van der Waals surface area contributed by atoms with Crippen LogP contribution in [0.15, 0.2) is 0 Å². The highest BCUT2D eigenvalue weighted by Gasteiger charge is 2.27. The fraction of sp³-hybridized carbons (Fsp3) is 1.00. The summed E-state index contributed by atoms with van der Waals surface area (Å²) in [7, 11) is 0. The summed E-state index contributed by atoms with van der Waals surface area (Å²) in [6.45, 7) is 5.45. The molecular formula is C7H16O2S. The van der Waals surface area contributed by atoms with E-state index in [1.807, 2.05) is 13.8 Å². The van der Waals surface area contributed by atoms with Crippen LogP contribution in [-0.4, -0.2) is 27.7 Å². The Hall–Kier alpha value is 0.270. The number of hydrogen-bond donors (Lipinski definition) is 3. The first kappa shape index (κ1) is 10.3. The molecule has 0 aromatic rings. The minimum Gasteiger partial charge on any atom is -0.396 e. The first-order chi connectivity index (χ1) is 4.39. The van der Waals surface area contributed by atoms with Crippen LogP contribution < -0.4 is 0 Å². The Balaban J connectivity index is 3.94. The second-order valence-electron chi connectivity index (χ2n) is 3.26. The topological polar surface area (TPSA) is 40.5 Å². The zero-order valence-electron chi connectivity index (χ0n) is 6.70. The van der Waals surface area contributed by atoms with Crippen LogP contribution in [-0.2, 0) is 0 Å². The van der Waals surface area contributed by atoms with Crippen molar-refractivity contribution in [2.24, 2.45) is 5.92 Å². The molecule has 0 bridgehead atoms. The van der Waals surface area contributed by atoms with Gasteiger partial charge in [-0.05, 0) is 13.8 Å². The molecule has 10 heavy (non-hydrogen) atoms. The highest BCUT2D eigenvalue weighted by molar-refractivity contribution is 7.81. The van der Waals surface area contributed by atoms with Crippen molar-refractivity contribution in [3.63, 3.8) is 0 Å². The largest absolute Gasteiger partial charge is 0.396 e. The summed E-state index contributed by atoms with van der Waals surface area (Å²) in [5.41, 5.74) is 0. The molecule has 2 nitrogen and oxygen atoms in total. The Morgan fingerprint density at radius 1 is 1.50 bits per heavy atom. The van der Waals surface area contributed by atoms with Crippen molar-refractivity contribution in [3.8, 4) is 0 Å². The van der Waals surface area contributed by atoms with E-state index < -0.39 is 10.9 Å². The van der Waals surface area contributed by atoms with Gasteiger partial charge in [-0.3, -0.25) is 0 Å². The summed E-state index contributed by atoms with van der Waals surface area (Å²) < 4.78 is -0.428. The van der Waals surface area contributed by atoms with E-state index in [-0.39, 0.29) is 12.5 Å². The third-order valence-electron chi connectivity index (χ3n) is 1.55. The van der Waals surface area contributed by atoms with E-state index in [2.05, 4.69) is 12.6 Å². The quantitative estimate of drug-likeness (QED) is 0.537. The Labute approximate surface area is 67.7 Å². The van der Waals surface area contributed by atoms with Crippen LogP contribution in [0.2, 0.25) is 0 Å². The van der Waals surface area contributed by atoms with Crippen molar-refractivity contribution in [2.45, 2.75) is 31.6 Å². The van der Waals surface area contributed by atoms with Crippen LogP contribution in [0.4, 0.5) is 0 Å². The van der Waals surface area contributed by atoms with Gasteiger partial charge in [0.25, 0.3) is 0 Å². The van der Waals surface area contributed by atoms with Crippen LogP contribution in [0.25, 0.3) is 0 Å². The van der Waals surface area contributed by atoms with E-state index in [9.17, 15) is 5.11 Å². The van der Waals surface area contributed by atoms with Crippen LogP contribution in [0.3, 0.4) is 0 Å². The molecule has 0 saturated carbocycles. The molecule has 0 aromatic heterocycles. The number of aliphatic hydroxyl groups is 2. The lowest BCUT2D eigenvalue weighted by Crippen LogP contribution is -2.37. The van der Waals surface area contributed by atoms with Gasteiger partial charge in [-0.2, -0.15) is 12.6 Å². The molecule has 0 rings (SSSR count). The molecule has 3 heteroatoms. The average Bonchev–Trinajstić information content (AvgIpc) is 1.83. The average molecular weight is 164 g/mol. The maximum absolute atomic E-state index is 9.42. The molecule has 0 spiro atoms. The second-order valence-corrected chi connectivity index (χ2v) is 4.41. The first-order valence-corrected chi connectivity index (χ1v) is 3.85. The number of rotatable bonds is 3. The Bertz CT molecular complexity index is 98.3. The van der Waals surface area contributed by atoms with Crippen LogP contribution in [0.1, 0.15) is 20.8 Å². The van der Waals surface area contributed by atoms with E-state index >= 15 is 0 Å². The van der Waals surface area contributed by atoms with Gasteiger partial charge in [-0.15, -0.1) is 0 Å². The van der Waals surface area contributed by atoms with Gasteiger partial charge < -0.3 is 10.2 Å². The van der Waals surface area contributed by atoms with Gasteiger partial charge in [0.1, 0.15) is 0 Å². The molecule has 0 aliphatic rings. The molecule has 2 atom stereocenters. The fourth-order valence-corrected chi connectivity index (χ4v) is 1.05. The fourth-order valence-electron chi connectivity index (χ4n) is 0.796. The molecule has 62 valence electrons. The molecule has 0 aliphatic heterocycles. The van der Waals surface area contributed by atoms with Gasteiger partial charge in [0.15, 0.2) is 0 Å². The zero-order chi connectivity index (χ0) is 8.36.